The largest absolute Gasteiger partial charge is 0.497 e. The summed E-state index contributed by atoms with van der Waals surface area (Å²) in [5.74, 6) is 2.68. The summed E-state index contributed by atoms with van der Waals surface area (Å²) in [6.07, 6.45) is 1.56. The van der Waals surface area contributed by atoms with Crippen molar-refractivity contribution in [3.63, 3.8) is 0 Å². The molecule has 0 atom stereocenters. The lowest BCUT2D eigenvalue weighted by Gasteiger charge is -2.37. The van der Waals surface area contributed by atoms with Crippen molar-refractivity contribution in [2.45, 2.75) is 13.5 Å². The average molecular weight is 485 g/mol. The molecule has 1 aliphatic rings. The van der Waals surface area contributed by atoms with Crippen molar-refractivity contribution in [1.29, 1.82) is 0 Å². The predicted molar refractivity (Wildman–Crippen MR) is 118 cm³/mol. The van der Waals surface area contributed by atoms with Crippen LogP contribution >= 0.6 is 24.0 Å². The number of benzene rings is 1. The van der Waals surface area contributed by atoms with Crippen molar-refractivity contribution in [1.82, 2.24) is 25.0 Å². The predicted octanol–water partition coefficient (Wildman–Crippen LogP) is 1.73. The minimum absolute atomic E-state index is 0. The van der Waals surface area contributed by atoms with Gasteiger partial charge >= 0.3 is 0 Å². The van der Waals surface area contributed by atoms with Gasteiger partial charge in [-0.05, 0) is 19.1 Å². The van der Waals surface area contributed by atoms with Gasteiger partial charge in [0, 0.05) is 51.5 Å². The summed E-state index contributed by atoms with van der Waals surface area (Å²) < 4.78 is 7.09. The molecule has 0 radical (unpaired) electrons. The van der Waals surface area contributed by atoms with E-state index in [4.69, 9.17) is 9.73 Å². The van der Waals surface area contributed by atoms with Gasteiger partial charge in [0.25, 0.3) is 0 Å². The Hall–Kier alpha value is -2.04. The third kappa shape index (κ3) is 5.47. The molecule has 1 N–H and O–H groups in total. The van der Waals surface area contributed by atoms with Crippen molar-refractivity contribution in [3.05, 3.63) is 36.4 Å². The van der Waals surface area contributed by atoms with Crippen molar-refractivity contribution >= 4 is 35.6 Å². The fourth-order valence-electron chi connectivity index (χ4n) is 3.02. The molecule has 148 valence electrons. The maximum absolute atomic E-state index is 5.33. The number of nitrogens with zero attached hydrogens (tertiary/aromatic N) is 6. The summed E-state index contributed by atoms with van der Waals surface area (Å²) in [6, 6.07) is 8.23. The molecule has 1 fully saturated rings. The summed E-state index contributed by atoms with van der Waals surface area (Å²) in [6.45, 7) is 7.18. The first-order chi connectivity index (χ1) is 12.7. The lowest BCUT2D eigenvalue weighted by atomic mass is 10.2. The summed E-state index contributed by atoms with van der Waals surface area (Å²) in [5.41, 5.74) is 1.20. The average Bonchev–Trinajstić information content (AvgIpc) is 3.10. The first-order valence-corrected chi connectivity index (χ1v) is 8.96. The van der Waals surface area contributed by atoms with Gasteiger partial charge in [0.15, 0.2) is 5.96 Å². The topological polar surface area (TPSA) is 70.8 Å². The van der Waals surface area contributed by atoms with Crippen molar-refractivity contribution in [2.75, 3.05) is 44.7 Å². The number of hydrogen-bond donors (Lipinski definition) is 1. The zero-order valence-electron chi connectivity index (χ0n) is 16.1. The summed E-state index contributed by atoms with van der Waals surface area (Å²) >= 11 is 0. The van der Waals surface area contributed by atoms with Crippen molar-refractivity contribution in [2.24, 2.45) is 12.0 Å². The molecular formula is C18H28IN7O. The molecule has 0 spiro atoms. The highest BCUT2D eigenvalue weighted by molar-refractivity contribution is 14.0. The zero-order chi connectivity index (χ0) is 18.4. The quantitative estimate of drug-likeness (QED) is 0.395. The Labute approximate surface area is 177 Å². The molecule has 1 saturated heterocycles. The second kappa shape index (κ2) is 10.3. The van der Waals surface area contributed by atoms with E-state index in [0.29, 0.717) is 6.54 Å². The molecule has 1 aromatic heterocycles. The van der Waals surface area contributed by atoms with Crippen LogP contribution in [0.5, 0.6) is 5.75 Å². The van der Waals surface area contributed by atoms with Gasteiger partial charge in [-0.3, -0.25) is 4.68 Å². The monoisotopic (exact) mass is 485 g/mol. The van der Waals surface area contributed by atoms with E-state index in [2.05, 4.69) is 44.3 Å². The van der Waals surface area contributed by atoms with Crippen LogP contribution in [-0.4, -0.2) is 65.5 Å². The van der Waals surface area contributed by atoms with Crippen LogP contribution < -0.4 is 15.0 Å². The Bertz CT molecular complexity index is 741. The zero-order valence-corrected chi connectivity index (χ0v) is 18.5. The number of anilines is 1. The summed E-state index contributed by atoms with van der Waals surface area (Å²) in [5, 5.41) is 7.48. The van der Waals surface area contributed by atoms with E-state index in [0.717, 1.165) is 50.3 Å². The fraction of sp³-hybridized carbons (Fsp3) is 0.500. The molecule has 0 unspecified atom stereocenters. The molecule has 0 bridgehead atoms. The van der Waals surface area contributed by atoms with Gasteiger partial charge < -0.3 is 19.9 Å². The minimum atomic E-state index is 0. The SMILES string of the molecule is CCNC(=NCc1ncnn1C)N1CCN(c2cccc(OC)c2)CC1.I. The van der Waals surface area contributed by atoms with Gasteiger partial charge in [0.2, 0.25) is 0 Å². The number of aromatic nitrogens is 3. The van der Waals surface area contributed by atoms with Crippen LogP contribution in [-0.2, 0) is 13.6 Å². The van der Waals surface area contributed by atoms with Gasteiger partial charge in [-0.15, -0.1) is 24.0 Å². The second-order valence-electron chi connectivity index (χ2n) is 6.15. The molecule has 2 heterocycles. The molecule has 0 amide bonds. The van der Waals surface area contributed by atoms with Crippen LogP contribution in [0.3, 0.4) is 0 Å². The smallest absolute Gasteiger partial charge is 0.194 e. The lowest BCUT2D eigenvalue weighted by Crippen LogP contribution is -2.52. The van der Waals surface area contributed by atoms with Crippen LogP contribution in [0.2, 0.25) is 0 Å². The molecule has 0 aliphatic carbocycles. The van der Waals surface area contributed by atoms with Crippen molar-refractivity contribution < 1.29 is 4.74 Å². The molecule has 1 aromatic carbocycles. The maximum atomic E-state index is 5.33. The van der Waals surface area contributed by atoms with Gasteiger partial charge in [0.05, 0.1) is 7.11 Å². The van der Waals surface area contributed by atoms with Crippen LogP contribution in [0.4, 0.5) is 5.69 Å². The molecular weight excluding hydrogens is 457 g/mol. The minimum Gasteiger partial charge on any atom is -0.497 e. The second-order valence-corrected chi connectivity index (χ2v) is 6.15. The van der Waals surface area contributed by atoms with E-state index in [1.165, 1.54) is 5.69 Å². The number of ether oxygens (including phenoxy) is 1. The highest BCUT2D eigenvalue weighted by Crippen LogP contribution is 2.22. The Morgan fingerprint density at radius 2 is 2.04 bits per heavy atom. The number of nitrogens with one attached hydrogen (secondary N) is 1. The van der Waals surface area contributed by atoms with E-state index < -0.39 is 0 Å². The molecule has 3 rings (SSSR count). The maximum Gasteiger partial charge on any atom is 0.194 e. The van der Waals surface area contributed by atoms with E-state index in [9.17, 15) is 0 Å². The van der Waals surface area contributed by atoms with Crippen LogP contribution in [0, 0.1) is 0 Å². The molecule has 27 heavy (non-hydrogen) atoms. The summed E-state index contributed by atoms with van der Waals surface area (Å²) in [7, 11) is 3.59. The fourth-order valence-corrected chi connectivity index (χ4v) is 3.02. The number of hydrogen-bond acceptors (Lipinski definition) is 5. The highest BCUT2D eigenvalue weighted by Gasteiger charge is 2.20. The van der Waals surface area contributed by atoms with E-state index in [1.807, 2.05) is 19.2 Å². The number of guanidine groups is 1. The Kier molecular flexibility index (Phi) is 8.14. The van der Waals surface area contributed by atoms with E-state index in [1.54, 1.807) is 18.1 Å². The van der Waals surface area contributed by atoms with Crippen molar-refractivity contribution in [3.8, 4) is 5.75 Å². The first kappa shape index (κ1) is 21.3. The molecule has 2 aromatic rings. The van der Waals surface area contributed by atoms with Gasteiger partial charge in [-0.25, -0.2) is 9.98 Å². The molecule has 9 heteroatoms. The van der Waals surface area contributed by atoms with Gasteiger partial charge in [0.1, 0.15) is 24.4 Å². The first-order valence-electron chi connectivity index (χ1n) is 8.96. The standard InChI is InChI=1S/C18H27N7O.HI/c1-4-19-18(20-13-17-21-14-22-23(17)2)25-10-8-24(9-11-25)15-6-5-7-16(12-15)26-3;/h5-7,12,14H,4,8-11,13H2,1-3H3,(H,19,20);1H. The molecule has 1 aliphatic heterocycles. The van der Waals surface area contributed by atoms with E-state index >= 15 is 0 Å². The van der Waals surface area contributed by atoms with Crippen LogP contribution in [0.25, 0.3) is 0 Å². The Morgan fingerprint density at radius 3 is 2.67 bits per heavy atom. The highest BCUT2D eigenvalue weighted by atomic mass is 127. The number of methoxy groups -OCH3 is 1. The number of halogens is 1. The number of piperazine rings is 1. The summed E-state index contributed by atoms with van der Waals surface area (Å²) in [4.78, 5) is 13.7. The number of aliphatic imine (C=N–C) groups is 1. The van der Waals surface area contributed by atoms with Crippen LogP contribution in [0.15, 0.2) is 35.6 Å². The van der Waals surface area contributed by atoms with Gasteiger partial charge in [-0.2, -0.15) is 5.10 Å². The molecule has 0 saturated carbocycles. The number of rotatable bonds is 5. The van der Waals surface area contributed by atoms with Crippen LogP contribution in [0.1, 0.15) is 12.7 Å². The lowest BCUT2D eigenvalue weighted by molar-refractivity contribution is 0.371. The van der Waals surface area contributed by atoms with Gasteiger partial charge in [-0.1, -0.05) is 6.07 Å². The normalized spacial score (nSPS) is 14.7. The Morgan fingerprint density at radius 1 is 1.26 bits per heavy atom. The van der Waals surface area contributed by atoms with E-state index in [-0.39, 0.29) is 24.0 Å². The number of aryl methyl sites for hydroxylation is 1. The Balaban J connectivity index is 0.00000261. The molecule has 8 nitrogen and oxygen atoms in total. The third-order valence-electron chi connectivity index (χ3n) is 4.51. The third-order valence-corrected chi connectivity index (χ3v) is 4.51.